The number of carbonyl (C=O) groups is 1. The Morgan fingerprint density at radius 3 is 2.54 bits per heavy atom. The second kappa shape index (κ2) is 7.70. The van der Waals surface area contributed by atoms with Gasteiger partial charge < -0.3 is 16.0 Å². The monoisotopic (exact) mass is 415 g/mol. The lowest BCUT2D eigenvalue weighted by atomic mass is 9.95. The summed E-state index contributed by atoms with van der Waals surface area (Å²) in [6.07, 6.45) is 3.64. The molecule has 3 N–H and O–H groups in total. The van der Waals surface area contributed by atoms with Gasteiger partial charge in [-0.15, -0.1) is 0 Å². The summed E-state index contributed by atoms with van der Waals surface area (Å²) in [5.41, 5.74) is 10.4. The highest BCUT2D eigenvalue weighted by atomic mass is 79.9. The molecule has 0 saturated carbocycles. The highest BCUT2D eigenvalue weighted by molar-refractivity contribution is 9.10. The summed E-state index contributed by atoms with van der Waals surface area (Å²) in [7, 11) is 0. The number of hydrogen-bond donors (Lipinski definition) is 2. The van der Waals surface area contributed by atoms with Crippen LogP contribution < -0.4 is 16.0 Å². The first-order valence-corrected chi connectivity index (χ1v) is 9.91. The lowest BCUT2D eigenvalue weighted by molar-refractivity contribution is 0.102. The van der Waals surface area contributed by atoms with Gasteiger partial charge in [0.2, 0.25) is 0 Å². The van der Waals surface area contributed by atoms with Crippen LogP contribution in [0.5, 0.6) is 0 Å². The largest absolute Gasteiger partial charge is 0.397 e. The van der Waals surface area contributed by atoms with Crippen LogP contribution in [0.2, 0.25) is 0 Å². The van der Waals surface area contributed by atoms with Crippen LogP contribution in [0.15, 0.2) is 40.9 Å². The molecule has 0 bridgehead atoms. The van der Waals surface area contributed by atoms with Gasteiger partial charge in [0.15, 0.2) is 0 Å². The SMILES string of the molecule is Cc1cc(N)c(NC(=O)c2cccc(Br)c2)cc1N1[C@H](C)CCC[C@H]1C. The van der Waals surface area contributed by atoms with E-state index < -0.39 is 0 Å². The molecule has 0 aliphatic carbocycles. The van der Waals surface area contributed by atoms with Gasteiger partial charge in [-0.1, -0.05) is 22.0 Å². The fourth-order valence-corrected chi connectivity index (χ4v) is 4.22. The molecule has 5 heteroatoms. The van der Waals surface area contributed by atoms with Crippen molar-refractivity contribution in [1.29, 1.82) is 0 Å². The van der Waals surface area contributed by atoms with E-state index in [2.05, 4.69) is 46.9 Å². The molecule has 1 fully saturated rings. The van der Waals surface area contributed by atoms with Crippen LogP contribution in [0.1, 0.15) is 49.0 Å². The van der Waals surface area contributed by atoms with Crippen molar-refractivity contribution in [2.45, 2.75) is 52.1 Å². The minimum Gasteiger partial charge on any atom is -0.397 e. The summed E-state index contributed by atoms with van der Waals surface area (Å²) in [6, 6.07) is 12.3. The number of aryl methyl sites for hydroxylation is 1. The van der Waals surface area contributed by atoms with Gasteiger partial charge in [0.25, 0.3) is 5.91 Å². The molecule has 4 nitrogen and oxygen atoms in total. The van der Waals surface area contributed by atoms with Crippen LogP contribution in [0, 0.1) is 6.92 Å². The van der Waals surface area contributed by atoms with Gasteiger partial charge in [-0.25, -0.2) is 0 Å². The van der Waals surface area contributed by atoms with Crippen LogP contribution >= 0.6 is 15.9 Å². The van der Waals surface area contributed by atoms with E-state index in [1.165, 1.54) is 19.3 Å². The molecule has 26 heavy (non-hydrogen) atoms. The van der Waals surface area contributed by atoms with Crippen LogP contribution in [0.4, 0.5) is 17.1 Å². The van der Waals surface area contributed by atoms with Gasteiger partial charge in [-0.05, 0) is 75.9 Å². The number of hydrogen-bond acceptors (Lipinski definition) is 3. The topological polar surface area (TPSA) is 58.4 Å². The maximum atomic E-state index is 12.6. The van der Waals surface area contributed by atoms with Gasteiger partial charge >= 0.3 is 0 Å². The van der Waals surface area contributed by atoms with E-state index >= 15 is 0 Å². The number of nitrogens with zero attached hydrogens (tertiary/aromatic N) is 1. The molecular weight excluding hydrogens is 390 g/mol. The number of carbonyl (C=O) groups excluding carboxylic acids is 1. The van der Waals surface area contributed by atoms with Crippen molar-refractivity contribution in [1.82, 2.24) is 0 Å². The molecule has 1 saturated heterocycles. The molecular formula is C21H26BrN3O. The molecule has 0 spiro atoms. The standard InChI is InChI=1S/C21H26BrN3O/c1-13-10-18(23)19(24-21(26)16-8-5-9-17(22)11-16)12-20(13)25-14(2)6-4-7-15(25)3/h5,8-12,14-15H,4,6-7,23H2,1-3H3,(H,24,26)/t14-,15-/m1/s1. The highest BCUT2D eigenvalue weighted by Gasteiger charge is 2.26. The number of piperidine rings is 1. The van der Waals surface area contributed by atoms with E-state index in [-0.39, 0.29) is 5.91 Å². The highest BCUT2D eigenvalue weighted by Crippen LogP contribution is 2.36. The number of nitrogens with two attached hydrogens (primary N) is 1. The van der Waals surface area contributed by atoms with E-state index in [1.807, 2.05) is 24.3 Å². The first kappa shape index (κ1) is 18.8. The Morgan fingerprint density at radius 2 is 1.88 bits per heavy atom. The predicted octanol–water partition coefficient (Wildman–Crippen LogP) is 5.36. The summed E-state index contributed by atoms with van der Waals surface area (Å²) in [5.74, 6) is -0.160. The zero-order valence-corrected chi connectivity index (χ0v) is 17.1. The van der Waals surface area contributed by atoms with Crippen molar-refractivity contribution in [3.05, 3.63) is 52.0 Å². The van der Waals surface area contributed by atoms with Gasteiger partial charge in [-0.3, -0.25) is 4.79 Å². The predicted molar refractivity (Wildman–Crippen MR) is 113 cm³/mol. The summed E-state index contributed by atoms with van der Waals surface area (Å²) >= 11 is 3.41. The number of rotatable bonds is 3. The molecule has 1 heterocycles. The lowest BCUT2D eigenvalue weighted by Crippen LogP contribution is -2.44. The Balaban J connectivity index is 1.92. The molecule has 0 aromatic heterocycles. The third-order valence-electron chi connectivity index (χ3n) is 5.17. The maximum Gasteiger partial charge on any atom is 0.255 e. The van der Waals surface area contributed by atoms with Gasteiger partial charge in [-0.2, -0.15) is 0 Å². The number of benzene rings is 2. The second-order valence-electron chi connectivity index (χ2n) is 7.23. The van der Waals surface area contributed by atoms with Crippen LogP contribution in [-0.4, -0.2) is 18.0 Å². The van der Waals surface area contributed by atoms with Gasteiger partial charge in [0.05, 0.1) is 11.4 Å². The van der Waals surface area contributed by atoms with Crippen molar-refractivity contribution in [2.75, 3.05) is 16.0 Å². The molecule has 1 amide bonds. The van der Waals surface area contributed by atoms with Crippen molar-refractivity contribution in [3.63, 3.8) is 0 Å². The van der Waals surface area contributed by atoms with Crippen LogP contribution in [0.25, 0.3) is 0 Å². The average Bonchev–Trinajstić information content (AvgIpc) is 2.58. The van der Waals surface area contributed by atoms with Crippen LogP contribution in [0.3, 0.4) is 0 Å². The fourth-order valence-electron chi connectivity index (χ4n) is 3.83. The summed E-state index contributed by atoms with van der Waals surface area (Å²) in [5, 5.41) is 2.98. The normalized spacial score (nSPS) is 20.1. The van der Waals surface area contributed by atoms with Crippen molar-refractivity contribution >= 4 is 38.9 Å². The number of halogens is 1. The molecule has 3 rings (SSSR count). The molecule has 2 aromatic rings. The number of amides is 1. The first-order valence-electron chi connectivity index (χ1n) is 9.12. The smallest absolute Gasteiger partial charge is 0.255 e. The zero-order chi connectivity index (χ0) is 18.8. The van der Waals surface area contributed by atoms with E-state index in [0.717, 1.165) is 15.7 Å². The molecule has 0 unspecified atom stereocenters. The van der Waals surface area contributed by atoms with E-state index in [1.54, 1.807) is 12.1 Å². The van der Waals surface area contributed by atoms with Crippen LogP contribution in [-0.2, 0) is 0 Å². The Bertz CT molecular complexity index is 811. The Morgan fingerprint density at radius 1 is 1.19 bits per heavy atom. The average molecular weight is 416 g/mol. The summed E-state index contributed by atoms with van der Waals surface area (Å²) in [6.45, 7) is 6.62. The summed E-state index contributed by atoms with van der Waals surface area (Å²) < 4.78 is 0.874. The minimum atomic E-state index is -0.160. The number of anilines is 3. The third-order valence-corrected chi connectivity index (χ3v) is 5.67. The Hall–Kier alpha value is -2.01. The van der Waals surface area contributed by atoms with Gasteiger partial charge in [0, 0.05) is 27.8 Å². The molecule has 1 aliphatic rings. The quantitative estimate of drug-likeness (QED) is 0.663. The van der Waals surface area contributed by atoms with Gasteiger partial charge in [0.1, 0.15) is 0 Å². The lowest BCUT2D eigenvalue weighted by Gasteiger charge is -2.42. The van der Waals surface area contributed by atoms with E-state index in [9.17, 15) is 4.79 Å². The third kappa shape index (κ3) is 3.88. The van der Waals surface area contributed by atoms with Crippen molar-refractivity contribution < 1.29 is 4.79 Å². The number of nitrogens with one attached hydrogen (secondary N) is 1. The molecule has 0 radical (unpaired) electrons. The molecule has 1 aliphatic heterocycles. The summed E-state index contributed by atoms with van der Waals surface area (Å²) in [4.78, 5) is 15.1. The van der Waals surface area contributed by atoms with Crippen molar-refractivity contribution in [3.8, 4) is 0 Å². The fraction of sp³-hybridized carbons (Fsp3) is 0.381. The van der Waals surface area contributed by atoms with E-state index in [0.29, 0.717) is 29.0 Å². The zero-order valence-electron chi connectivity index (χ0n) is 15.6. The molecule has 2 aromatic carbocycles. The molecule has 138 valence electrons. The Kier molecular flexibility index (Phi) is 5.56. The second-order valence-corrected chi connectivity index (χ2v) is 8.14. The Labute approximate surface area is 163 Å². The number of nitrogen functional groups attached to an aromatic ring is 1. The minimum absolute atomic E-state index is 0.160. The van der Waals surface area contributed by atoms with Crippen molar-refractivity contribution in [2.24, 2.45) is 0 Å². The molecule has 2 atom stereocenters. The maximum absolute atomic E-state index is 12.6. The van der Waals surface area contributed by atoms with E-state index in [4.69, 9.17) is 5.73 Å². The first-order chi connectivity index (χ1) is 12.4.